The van der Waals surface area contributed by atoms with E-state index in [2.05, 4.69) is 17.1 Å². The number of benzene rings is 1. The Morgan fingerprint density at radius 2 is 2.30 bits per heavy atom. The first-order valence-electron chi connectivity index (χ1n) is 6.91. The van der Waals surface area contributed by atoms with Gasteiger partial charge in [0.05, 0.1) is 23.7 Å². The van der Waals surface area contributed by atoms with Gasteiger partial charge in [-0.05, 0) is 25.5 Å². The number of ether oxygens (including phenoxy) is 1. The monoisotopic (exact) mass is 279 g/mol. The van der Waals surface area contributed by atoms with E-state index >= 15 is 0 Å². The van der Waals surface area contributed by atoms with E-state index in [0.29, 0.717) is 24.5 Å². The number of nitrogens with one attached hydrogen (secondary N) is 1. The fourth-order valence-electron chi connectivity index (χ4n) is 2.63. The summed E-state index contributed by atoms with van der Waals surface area (Å²) in [7, 11) is 1.70. The number of hydrogen-bond donors (Lipinski definition) is 1. The highest BCUT2D eigenvalue weighted by molar-refractivity contribution is 5.77. The van der Waals surface area contributed by atoms with Crippen molar-refractivity contribution < 1.29 is 9.66 Å². The Balaban J connectivity index is 2.46. The van der Waals surface area contributed by atoms with Gasteiger partial charge in [0.2, 0.25) is 0 Å². The summed E-state index contributed by atoms with van der Waals surface area (Å²) in [5.41, 5.74) is 1.35. The molecule has 1 saturated heterocycles. The van der Waals surface area contributed by atoms with Crippen LogP contribution in [-0.4, -0.2) is 37.3 Å². The summed E-state index contributed by atoms with van der Waals surface area (Å²) < 4.78 is 5.66. The van der Waals surface area contributed by atoms with Gasteiger partial charge in [0, 0.05) is 13.6 Å². The summed E-state index contributed by atoms with van der Waals surface area (Å²) in [6.45, 7) is 5.35. The van der Waals surface area contributed by atoms with Gasteiger partial charge in [0.15, 0.2) is 0 Å². The summed E-state index contributed by atoms with van der Waals surface area (Å²) in [6.07, 6.45) is 0.976. The van der Waals surface area contributed by atoms with E-state index in [4.69, 9.17) is 4.74 Å². The summed E-state index contributed by atoms with van der Waals surface area (Å²) >= 11 is 0. The van der Waals surface area contributed by atoms with Crippen LogP contribution in [0.25, 0.3) is 0 Å². The molecule has 1 N–H and O–H groups in total. The van der Waals surface area contributed by atoms with Crippen molar-refractivity contribution in [2.75, 3.05) is 30.4 Å². The lowest BCUT2D eigenvalue weighted by molar-refractivity contribution is -0.383. The average molecular weight is 279 g/mol. The molecule has 6 heteroatoms. The topological polar surface area (TPSA) is 67.6 Å². The van der Waals surface area contributed by atoms with E-state index < -0.39 is 0 Å². The predicted molar refractivity (Wildman–Crippen MR) is 79.5 cm³/mol. The fourth-order valence-corrected chi connectivity index (χ4v) is 2.63. The molecule has 0 amide bonds. The SMILES string of the molecule is CCC1COC(C)CN1c1cccc(NC)c1[N+](=O)[O-]. The third-order valence-electron chi connectivity index (χ3n) is 3.72. The summed E-state index contributed by atoms with van der Waals surface area (Å²) in [5, 5.41) is 14.3. The fraction of sp³-hybridized carbons (Fsp3) is 0.571. The van der Waals surface area contributed by atoms with Gasteiger partial charge in [-0.15, -0.1) is 0 Å². The van der Waals surface area contributed by atoms with Crippen LogP contribution in [0.3, 0.4) is 0 Å². The molecule has 0 spiro atoms. The minimum atomic E-state index is -0.311. The van der Waals surface area contributed by atoms with E-state index in [0.717, 1.165) is 6.42 Å². The Morgan fingerprint density at radius 3 is 2.90 bits per heavy atom. The summed E-state index contributed by atoms with van der Waals surface area (Å²) in [4.78, 5) is 13.2. The number of nitro groups is 1. The van der Waals surface area contributed by atoms with Gasteiger partial charge < -0.3 is 15.0 Å². The van der Waals surface area contributed by atoms with Crippen LogP contribution in [0, 0.1) is 10.1 Å². The van der Waals surface area contributed by atoms with Crippen molar-refractivity contribution in [2.45, 2.75) is 32.4 Å². The van der Waals surface area contributed by atoms with Crippen molar-refractivity contribution in [3.8, 4) is 0 Å². The Hall–Kier alpha value is -1.82. The molecule has 0 bridgehead atoms. The highest BCUT2D eigenvalue weighted by atomic mass is 16.6. The maximum Gasteiger partial charge on any atom is 0.315 e. The quantitative estimate of drug-likeness (QED) is 0.678. The molecule has 1 aromatic carbocycles. The minimum Gasteiger partial charge on any atom is -0.382 e. The van der Waals surface area contributed by atoms with Gasteiger partial charge in [-0.1, -0.05) is 13.0 Å². The molecule has 2 unspecified atom stereocenters. The standard InChI is InChI=1S/C14H21N3O3/c1-4-11-9-20-10(2)8-16(11)13-7-5-6-12(15-3)14(13)17(18)19/h5-7,10-11,15H,4,8-9H2,1-3H3. The number of nitro benzene ring substituents is 1. The number of nitrogens with zero attached hydrogens (tertiary/aromatic N) is 2. The summed E-state index contributed by atoms with van der Waals surface area (Å²) in [5.74, 6) is 0. The predicted octanol–water partition coefficient (Wildman–Crippen LogP) is 2.64. The van der Waals surface area contributed by atoms with Crippen molar-refractivity contribution in [1.82, 2.24) is 0 Å². The van der Waals surface area contributed by atoms with Crippen LogP contribution >= 0.6 is 0 Å². The molecule has 0 aliphatic carbocycles. The van der Waals surface area contributed by atoms with Gasteiger partial charge in [-0.25, -0.2) is 0 Å². The van der Waals surface area contributed by atoms with Crippen LogP contribution in [0.2, 0.25) is 0 Å². The van der Waals surface area contributed by atoms with Crippen molar-refractivity contribution in [3.05, 3.63) is 28.3 Å². The van der Waals surface area contributed by atoms with Gasteiger partial charge in [-0.3, -0.25) is 10.1 Å². The van der Waals surface area contributed by atoms with Crippen LogP contribution in [0.5, 0.6) is 0 Å². The van der Waals surface area contributed by atoms with Crippen LogP contribution in [-0.2, 0) is 4.74 Å². The van der Waals surface area contributed by atoms with Crippen molar-refractivity contribution in [1.29, 1.82) is 0 Å². The van der Waals surface area contributed by atoms with Crippen molar-refractivity contribution in [2.24, 2.45) is 0 Å². The van der Waals surface area contributed by atoms with Gasteiger partial charge >= 0.3 is 5.69 Å². The normalized spacial score (nSPS) is 22.6. The molecule has 2 atom stereocenters. The van der Waals surface area contributed by atoms with Gasteiger partial charge in [-0.2, -0.15) is 0 Å². The molecule has 0 saturated carbocycles. The minimum absolute atomic E-state index is 0.0793. The molecule has 6 nitrogen and oxygen atoms in total. The zero-order valence-electron chi connectivity index (χ0n) is 12.1. The third-order valence-corrected chi connectivity index (χ3v) is 3.72. The highest BCUT2D eigenvalue weighted by Crippen LogP contribution is 2.37. The van der Waals surface area contributed by atoms with Crippen LogP contribution in [0.1, 0.15) is 20.3 Å². The van der Waals surface area contributed by atoms with E-state index in [1.54, 1.807) is 13.1 Å². The number of rotatable bonds is 4. The Kier molecular flexibility index (Phi) is 4.44. The molecule has 1 heterocycles. The second-order valence-corrected chi connectivity index (χ2v) is 5.04. The van der Waals surface area contributed by atoms with Gasteiger partial charge in [0.25, 0.3) is 0 Å². The van der Waals surface area contributed by atoms with E-state index in [1.807, 2.05) is 19.1 Å². The zero-order chi connectivity index (χ0) is 14.7. The third kappa shape index (κ3) is 2.70. The molecule has 0 aromatic heterocycles. The number of hydrogen-bond acceptors (Lipinski definition) is 5. The Morgan fingerprint density at radius 1 is 1.55 bits per heavy atom. The molecule has 110 valence electrons. The first-order valence-corrected chi connectivity index (χ1v) is 6.91. The van der Waals surface area contributed by atoms with E-state index in [1.165, 1.54) is 0 Å². The molecule has 1 fully saturated rings. The lowest BCUT2D eigenvalue weighted by Crippen LogP contribution is -2.48. The first kappa shape index (κ1) is 14.6. The van der Waals surface area contributed by atoms with E-state index in [-0.39, 0.29) is 22.8 Å². The van der Waals surface area contributed by atoms with Crippen molar-refractivity contribution in [3.63, 3.8) is 0 Å². The molecule has 1 aliphatic rings. The maximum atomic E-state index is 11.4. The van der Waals surface area contributed by atoms with Gasteiger partial charge in [0.1, 0.15) is 11.4 Å². The lowest BCUT2D eigenvalue weighted by atomic mass is 10.1. The molecule has 20 heavy (non-hydrogen) atoms. The maximum absolute atomic E-state index is 11.4. The summed E-state index contributed by atoms with van der Waals surface area (Å²) in [6, 6.07) is 5.57. The second kappa shape index (κ2) is 6.09. The zero-order valence-corrected chi connectivity index (χ0v) is 12.1. The second-order valence-electron chi connectivity index (χ2n) is 5.04. The lowest BCUT2D eigenvalue weighted by Gasteiger charge is -2.39. The largest absolute Gasteiger partial charge is 0.382 e. The first-order chi connectivity index (χ1) is 9.58. The van der Waals surface area contributed by atoms with Crippen LogP contribution in [0.4, 0.5) is 17.1 Å². The van der Waals surface area contributed by atoms with E-state index in [9.17, 15) is 10.1 Å². The molecule has 1 aromatic rings. The van der Waals surface area contributed by atoms with Crippen LogP contribution in [0.15, 0.2) is 18.2 Å². The molecular weight excluding hydrogens is 258 g/mol. The van der Waals surface area contributed by atoms with Crippen molar-refractivity contribution >= 4 is 17.1 Å². The van der Waals surface area contributed by atoms with Crippen LogP contribution < -0.4 is 10.2 Å². The Bertz CT molecular complexity index is 493. The molecular formula is C14H21N3O3. The molecule has 0 radical (unpaired) electrons. The molecule has 2 rings (SSSR count). The average Bonchev–Trinajstić information content (AvgIpc) is 2.46. The highest BCUT2D eigenvalue weighted by Gasteiger charge is 2.31. The smallest absolute Gasteiger partial charge is 0.315 e. The Labute approximate surface area is 118 Å². The number of morpholine rings is 1. The molecule has 1 aliphatic heterocycles. The number of para-hydroxylation sites is 1. The number of anilines is 2.